The van der Waals surface area contributed by atoms with Crippen molar-refractivity contribution < 1.29 is 13.2 Å². The van der Waals surface area contributed by atoms with Gasteiger partial charge in [0.25, 0.3) is 0 Å². The summed E-state index contributed by atoms with van der Waals surface area (Å²) in [6.45, 7) is 0. The van der Waals surface area contributed by atoms with E-state index >= 15 is 0 Å². The van der Waals surface area contributed by atoms with Crippen LogP contribution in [-0.2, 0) is 0 Å². The quantitative estimate of drug-likeness (QED) is 0.701. The topological polar surface area (TPSA) is 12.4 Å². The predicted molar refractivity (Wildman–Crippen MR) is 60.0 cm³/mol. The van der Waals surface area contributed by atoms with Gasteiger partial charge in [-0.1, -0.05) is 12.1 Å². The lowest BCUT2D eigenvalue weighted by Crippen LogP contribution is -1.86. The Hall–Kier alpha value is -2.10. The first-order valence-corrected chi connectivity index (χ1v) is 4.90. The summed E-state index contributed by atoms with van der Waals surface area (Å²) in [4.78, 5) is 3.82. The van der Waals surface area contributed by atoms with E-state index in [0.717, 1.165) is 18.2 Å². The first-order chi connectivity index (χ1) is 8.15. The molecule has 0 aliphatic heterocycles. The second-order valence-electron chi connectivity index (χ2n) is 3.41. The van der Waals surface area contributed by atoms with Gasteiger partial charge in [0.15, 0.2) is 0 Å². The van der Waals surface area contributed by atoms with Crippen LogP contribution in [0.25, 0.3) is 0 Å². The van der Waals surface area contributed by atoms with Crippen LogP contribution >= 0.6 is 0 Å². The lowest BCUT2D eigenvalue weighted by Gasteiger charge is -1.97. The highest BCUT2D eigenvalue weighted by Crippen LogP contribution is 2.16. The molecule has 0 saturated heterocycles. The van der Waals surface area contributed by atoms with Gasteiger partial charge < -0.3 is 0 Å². The Balaban J connectivity index is 2.29. The summed E-state index contributed by atoms with van der Waals surface area (Å²) in [6.07, 6.45) is 1.21. The van der Waals surface area contributed by atoms with Crippen LogP contribution in [0.15, 0.2) is 47.5 Å². The van der Waals surface area contributed by atoms with Gasteiger partial charge in [0.05, 0.1) is 5.69 Å². The molecule has 2 aromatic carbocycles. The fourth-order valence-electron chi connectivity index (χ4n) is 1.35. The van der Waals surface area contributed by atoms with Crippen molar-refractivity contribution in [1.82, 2.24) is 0 Å². The van der Waals surface area contributed by atoms with Crippen molar-refractivity contribution in [3.8, 4) is 0 Å². The third-order valence-corrected chi connectivity index (χ3v) is 2.09. The minimum atomic E-state index is -0.694. The zero-order chi connectivity index (χ0) is 12.3. The molecule has 0 saturated carbocycles. The van der Waals surface area contributed by atoms with Crippen LogP contribution in [-0.4, -0.2) is 6.21 Å². The maximum Gasteiger partial charge on any atom is 0.148 e. The molecular formula is C13H8F3N. The van der Waals surface area contributed by atoms with Gasteiger partial charge in [-0.05, 0) is 29.8 Å². The molecule has 0 N–H and O–H groups in total. The average Bonchev–Trinajstić information content (AvgIpc) is 2.27. The summed E-state index contributed by atoms with van der Waals surface area (Å²) in [5.74, 6) is -1.87. The summed E-state index contributed by atoms with van der Waals surface area (Å²) in [6, 6.07) is 8.90. The van der Waals surface area contributed by atoms with Gasteiger partial charge in [-0.25, -0.2) is 13.2 Å². The molecule has 0 fully saturated rings. The summed E-state index contributed by atoms with van der Waals surface area (Å²) >= 11 is 0. The molecule has 2 rings (SSSR count). The third-order valence-electron chi connectivity index (χ3n) is 2.09. The maximum atomic E-state index is 13.2. The van der Waals surface area contributed by atoms with E-state index in [-0.39, 0.29) is 11.3 Å². The molecular weight excluding hydrogens is 227 g/mol. The van der Waals surface area contributed by atoms with Crippen molar-refractivity contribution in [3.05, 3.63) is 65.5 Å². The molecule has 4 heteroatoms. The van der Waals surface area contributed by atoms with Crippen molar-refractivity contribution >= 4 is 11.9 Å². The van der Waals surface area contributed by atoms with Gasteiger partial charge >= 0.3 is 0 Å². The second-order valence-corrected chi connectivity index (χ2v) is 3.41. The minimum Gasteiger partial charge on any atom is -0.253 e. The molecule has 0 amide bonds. The first kappa shape index (κ1) is 11.4. The highest BCUT2D eigenvalue weighted by atomic mass is 19.1. The fraction of sp³-hybridized carbons (Fsp3) is 0. The van der Waals surface area contributed by atoms with Gasteiger partial charge in [0.2, 0.25) is 0 Å². The normalized spacial score (nSPS) is 11.0. The largest absolute Gasteiger partial charge is 0.253 e. The van der Waals surface area contributed by atoms with Crippen molar-refractivity contribution in [2.45, 2.75) is 0 Å². The van der Waals surface area contributed by atoms with Gasteiger partial charge in [-0.2, -0.15) is 0 Å². The SMILES string of the molecule is Fc1cc(F)cc(/C=N/c2ccccc2F)c1. The summed E-state index contributed by atoms with van der Waals surface area (Å²) < 4.78 is 38.9. The van der Waals surface area contributed by atoms with Crippen molar-refractivity contribution in [1.29, 1.82) is 0 Å². The number of halogens is 3. The second kappa shape index (κ2) is 4.82. The van der Waals surface area contributed by atoms with E-state index < -0.39 is 17.5 Å². The molecule has 17 heavy (non-hydrogen) atoms. The van der Waals surface area contributed by atoms with E-state index in [1.807, 2.05) is 0 Å². The number of para-hydroxylation sites is 1. The lowest BCUT2D eigenvalue weighted by molar-refractivity contribution is 0.583. The lowest BCUT2D eigenvalue weighted by atomic mass is 10.2. The van der Waals surface area contributed by atoms with E-state index in [9.17, 15) is 13.2 Å². The van der Waals surface area contributed by atoms with Gasteiger partial charge in [-0.15, -0.1) is 0 Å². The van der Waals surface area contributed by atoms with E-state index in [1.165, 1.54) is 24.4 Å². The van der Waals surface area contributed by atoms with Crippen LogP contribution in [0.1, 0.15) is 5.56 Å². The van der Waals surface area contributed by atoms with Crippen molar-refractivity contribution in [3.63, 3.8) is 0 Å². The van der Waals surface area contributed by atoms with Crippen LogP contribution in [0.4, 0.5) is 18.9 Å². The van der Waals surface area contributed by atoms with Crippen molar-refractivity contribution in [2.24, 2.45) is 4.99 Å². The Bertz CT molecular complexity index is 544. The smallest absolute Gasteiger partial charge is 0.148 e. The first-order valence-electron chi connectivity index (χ1n) is 4.90. The zero-order valence-electron chi connectivity index (χ0n) is 8.70. The molecule has 0 radical (unpaired) electrons. The van der Waals surface area contributed by atoms with Gasteiger partial charge in [-0.3, -0.25) is 4.99 Å². The average molecular weight is 235 g/mol. The fourth-order valence-corrected chi connectivity index (χ4v) is 1.35. The van der Waals surface area contributed by atoms with E-state index in [2.05, 4.69) is 4.99 Å². The molecule has 0 aliphatic carbocycles. The maximum absolute atomic E-state index is 13.2. The Kier molecular flexibility index (Phi) is 3.23. The molecule has 0 aromatic heterocycles. The molecule has 0 spiro atoms. The Morgan fingerprint density at radius 3 is 2.18 bits per heavy atom. The molecule has 0 heterocycles. The zero-order valence-corrected chi connectivity index (χ0v) is 8.70. The number of aliphatic imine (C=N–C) groups is 1. The molecule has 2 aromatic rings. The van der Waals surface area contributed by atoms with Crippen LogP contribution in [0.2, 0.25) is 0 Å². The number of hydrogen-bond donors (Lipinski definition) is 0. The summed E-state index contributed by atoms with van der Waals surface area (Å²) in [5.41, 5.74) is 0.364. The number of hydrogen-bond acceptors (Lipinski definition) is 1. The van der Waals surface area contributed by atoms with Crippen LogP contribution in [0.3, 0.4) is 0 Å². The Morgan fingerprint density at radius 1 is 0.882 bits per heavy atom. The molecule has 86 valence electrons. The third kappa shape index (κ3) is 2.93. The molecule has 1 nitrogen and oxygen atoms in total. The molecule has 0 unspecified atom stereocenters. The van der Waals surface area contributed by atoms with E-state index in [1.54, 1.807) is 6.07 Å². The van der Waals surface area contributed by atoms with Crippen LogP contribution in [0.5, 0.6) is 0 Å². The number of nitrogens with zero attached hydrogens (tertiary/aromatic N) is 1. The highest BCUT2D eigenvalue weighted by Gasteiger charge is 1.99. The van der Waals surface area contributed by atoms with Crippen molar-refractivity contribution in [2.75, 3.05) is 0 Å². The number of benzene rings is 2. The predicted octanol–water partition coefficient (Wildman–Crippen LogP) is 3.85. The highest BCUT2D eigenvalue weighted by molar-refractivity contribution is 5.81. The Labute approximate surface area is 96.2 Å². The Morgan fingerprint density at radius 2 is 1.53 bits per heavy atom. The van der Waals surface area contributed by atoms with Crippen LogP contribution in [0, 0.1) is 17.5 Å². The van der Waals surface area contributed by atoms with Gasteiger partial charge in [0.1, 0.15) is 17.5 Å². The van der Waals surface area contributed by atoms with Crippen LogP contribution < -0.4 is 0 Å². The minimum absolute atomic E-state index is 0.122. The van der Waals surface area contributed by atoms with E-state index in [0.29, 0.717) is 0 Å². The van der Waals surface area contributed by atoms with Gasteiger partial charge in [0, 0.05) is 12.3 Å². The standard InChI is InChI=1S/C13H8F3N/c14-10-5-9(6-11(15)7-10)8-17-13-4-2-1-3-12(13)16/h1-8H/b17-8+. The number of rotatable bonds is 2. The summed E-state index contributed by atoms with van der Waals surface area (Å²) in [5, 5.41) is 0. The van der Waals surface area contributed by atoms with E-state index in [4.69, 9.17) is 0 Å². The molecule has 0 atom stereocenters. The summed E-state index contributed by atoms with van der Waals surface area (Å²) in [7, 11) is 0. The molecule has 0 bridgehead atoms. The monoisotopic (exact) mass is 235 g/mol. The molecule has 0 aliphatic rings.